The molecule has 2 saturated heterocycles. The van der Waals surface area contributed by atoms with E-state index in [1.54, 1.807) is 6.07 Å². The van der Waals surface area contributed by atoms with E-state index in [-0.39, 0.29) is 17.9 Å². The monoisotopic (exact) mass is 356 g/mol. The minimum atomic E-state index is -0.361. The lowest BCUT2D eigenvalue weighted by molar-refractivity contribution is -0.124. The number of carbonyl (C=O) groups excluding carboxylic acids is 2. The molecule has 2 heterocycles. The fourth-order valence-electron chi connectivity index (χ4n) is 4.78. The van der Waals surface area contributed by atoms with Crippen molar-refractivity contribution in [3.05, 3.63) is 29.8 Å². The summed E-state index contributed by atoms with van der Waals surface area (Å²) >= 11 is 0. The van der Waals surface area contributed by atoms with Crippen LogP contribution in [0.2, 0.25) is 0 Å². The standard InChI is InChI=1S/C21H28N2O3/c24-20(19-11-5-13-26-19)22-17-9-3-8-16(14-17)21(25)23-12-4-10-18(23)15-6-1-2-7-15/h3,8-9,14-15,18-19H,1-2,4-7,10-13H2,(H,22,24)/t18-,19+/m0/s1. The number of nitrogens with zero attached hydrogens (tertiary/aromatic N) is 1. The molecule has 0 bridgehead atoms. The van der Waals surface area contributed by atoms with E-state index in [1.165, 1.54) is 25.7 Å². The molecule has 1 saturated carbocycles. The molecule has 4 rings (SSSR count). The van der Waals surface area contributed by atoms with E-state index < -0.39 is 0 Å². The largest absolute Gasteiger partial charge is 0.368 e. The highest BCUT2D eigenvalue weighted by Gasteiger charge is 2.36. The van der Waals surface area contributed by atoms with Gasteiger partial charge in [0.05, 0.1) is 0 Å². The van der Waals surface area contributed by atoms with Crippen LogP contribution in [-0.4, -0.2) is 42.0 Å². The van der Waals surface area contributed by atoms with Gasteiger partial charge in [0.25, 0.3) is 11.8 Å². The fraction of sp³-hybridized carbons (Fsp3) is 0.619. The van der Waals surface area contributed by atoms with Crippen molar-refractivity contribution < 1.29 is 14.3 Å². The summed E-state index contributed by atoms with van der Waals surface area (Å²) in [5.41, 5.74) is 1.34. The molecule has 0 unspecified atom stereocenters. The molecule has 0 aromatic heterocycles. The highest BCUT2D eigenvalue weighted by Crippen LogP contribution is 2.36. The van der Waals surface area contributed by atoms with Gasteiger partial charge in [-0.1, -0.05) is 18.9 Å². The van der Waals surface area contributed by atoms with Crippen molar-refractivity contribution in [1.29, 1.82) is 0 Å². The van der Waals surface area contributed by atoms with Crippen molar-refractivity contribution in [2.75, 3.05) is 18.5 Å². The van der Waals surface area contributed by atoms with Gasteiger partial charge in [0, 0.05) is 30.4 Å². The Hall–Kier alpha value is -1.88. The maximum atomic E-state index is 13.1. The lowest BCUT2D eigenvalue weighted by Gasteiger charge is -2.29. The number of likely N-dealkylation sites (tertiary alicyclic amines) is 1. The third-order valence-corrected chi connectivity index (χ3v) is 6.10. The number of ether oxygens (including phenoxy) is 1. The molecule has 1 aromatic carbocycles. The van der Waals surface area contributed by atoms with Crippen LogP contribution in [0.3, 0.4) is 0 Å². The summed E-state index contributed by atoms with van der Waals surface area (Å²) in [5, 5.41) is 2.90. The van der Waals surface area contributed by atoms with E-state index >= 15 is 0 Å². The van der Waals surface area contributed by atoms with Gasteiger partial charge in [-0.25, -0.2) is 0 Å². The predicted octanol–water partition coefficient (Wildman–Crippen LogP) is 3.60. The number of amides is 2. The summed E-state index contributed by atoms with van der Waals surface area (Å²) in [6, 6.07) is 7.74. The maximum Gasteiger partial charge on any atom is 0.254 e. The second kappa shape index (κ2) is 7.78. The molecule has 1 N–H and O–H groups in total. The average molecular weight is 356 g/mol. The Morgan fingerprint density at radius 1 is 1.04 bits per heavy atom. The van der Waals surface area contributed by atoms with Gasteiger partial charge in [0.1, 0.15) is 6.10 Å². The fourth-order valence-corrected chi connectivity index (χ4v) is 4.78. The van der Waals surface area contributed by atoms with Crippen LogP contribution < -0.4 is 5.32 Å². The van der Waals surface area contributed by atoms with E-state index in [0.29, 0.717) is 29.8 Å². The Morgan fingerprint density at radius 3 is 2.65 bits per heavy atom. The number of hydrogen-bond donors (Lipinski definition) is 1. The third-order valence-electron chi connectivity index (χ3n) is 6.10. The summed E-state index contributed by atoms with van der Waals surface area (Å²) in [7, 11) is 0. The summed E-state index contributed by atoms with van der Waals surface area (Å²) < 4.78 is 5.43. The number of hydrogen-bond acceptors (Lipinski definition) is 3. The average Bonchev–Trinajstić information content (AvgIpc) is 3.43. The van der Waals surface area contributed by atoms with E-state index in [9.17, 15) is 9.59 Å². The molecule has 140 valence electrons. The van der Waals surface area contributed by atoms with Crippen molar-refractivity contribution in [3.63, 3.8) is 0 Å². The van der Waals surface area contributed by atoms with Gasteiger partial charge in [0.15, 0.2) is 0 Å². The number of rotatable bonds is 4. The van der Waals surface area contributed by atoms with Crippen LogP contribution in [0.15, 0.2) is 24.3 Å². The van der Waals surface area contributed by atoms with E-state index in [4.69, 9.17) is 4.74 Å². The molecule has 1 aromatic rings. The summed E-state index contributed by atoms with van der Waals surface area (Å²) in [6.45, 7) is 1.50. The third kappa shape index (κ3) is 3.63. The first-order valence-electron chi connectivity index (χ1n) is 10.1. The van der Waals surface area contributed by atoms with Crippen LogP contribution in [0.25, 0.3) is 0 Å². The normalized spacial score (nSPS) is 26.4. The number of carbonyl (C=O) groups is 2. The molecule has 1 aliphatic carbocycles. The Morgan fingerprint density at radius 2 is 1.88 bits per heavy atom. The van der Waals surface area contributed by atoms with Crippen molar-refractivity contribution in [3.8, 4) is 0 Å². The van der Waals surface area contributed by atoms with Gasteiger partial charge in [-0.3, -0.25) is 9.59 Å². The summed E-state index contributed by atoms with van der Waals surface area (Å²) in [5.74, 6) is 0.661. The molecule has 5 heteroatoms. The second-order valence-corrected chi connectivity index (χ2v) is 7.82. The molecular formula is C21H28N2O3. The highest BCUT2D eigenvalue weighted by molar-refractivity contribution is 5.98. The Balaban J connectivity index is 1.45. The molecule has 3 aliphatic rings. The Bertz CT molecular complexity index is 663. The molecule has 2 atom stereocenters. The quantitative estimate of drug-likeness (QED) is 0.897. The molecule has 0 spiro atoms. The SMILES string of the molecule is O=C(Nc1cccc(C(=O)N2CCC[C@H]2C2CCCC2)c1)[C@H]1CCCO1. The molecule has 2 amide bonds. The minimum Gasteiger partial charge on any atom is -0.368 e. The molecule has 26 heavy (non-hydrogen) atoms. The van der Waals surface area contributed by atoms with Crippen LogP contribution in [0, 0.1) is 5.92 Å². The predicted molar refractivity (Wildman–Crippen MR) is 100 cm³/mol. The van der Waals surface area contributed by atoms with Gasteiger partial charge in [-0.15, -0.1) is 0 Å². The molecule has 3 fully saturated rings. The van der Waals surface area contributed by atoms with Crippen molar-refractivity contribution in [2.45, 2.75) is 63.5 Å². The zero-order valence-corrected chi connectivity index (χ0v) is 15.3. The molecule has 2 aliphatic heterocycles. The van der Waals surface area contributed by atoms with Gasteiger partial charge in [-0.05, 0) is 62.6 Å². The number of anilines is 1. The topological polar surface area (TPSA) is 58.6 Å². The Labute approximate surface area is 155 Å². The van der Waals surface area contributed by atoms with Gasteiger partial charge in [-0.2, -0.15) is 0 Å². The zero-order chi connectivity index (χ0) is 17.9. The summed E-state index contributed by atoms with van der Waals surface area (Å²) in [4.78, 5) is 27.4. The van der Waals surface area contributed by atoms with Crippen LogP contribution in [0.1, 0.15) is 61.7 Å². The van der Waals surface area contributed by atoms with Crippen LogP contribution >= 0.6 is 0 Å². The maximum absolute atomic E-state index is 13.1. The first kappa shape index (κ1) is 17.5. The highest BCUT2D eigenvalue weighted by atomic mass is 16.5. The van der Waals surface area contributed by atoms with Gasteiger partial charge in [0.2, 0.25) is 0 Å². The van der Waals surface area contributed by atoms with Crippen molar-refractivity contribution >= 4 is 17.5 Å². The van der Waals surface area contributed by atoms with Crippen molar-refractivity contribution in [1.82, 2.24) is 4.90 Å². The van der Waals surface area contributed by atoms with E-state index in [1.807, 2.05) is 18.2 Å². The van der Waals surface area contributed by atoms with Crippen LogP contribution in [0.4, 0.5) is 5.69 Å². The summed E-state index contributed by atoms with van der Waals surface area (Å²) in [6.07, 6.45) is 8.67. The van der Waals surface area contributed by atoms with E-state index in [0.717, 1.165) is 32.2 Å². The smallest absolute Gasteiger partial charge is 0.254 e. The molecule has 0 radical (unpaired) electrons. The zero-order valence-electron chi connectivity index (χ0n) is 15.3. The lowest BCUT2D eigenvalue weighted by atomic mass is 9.95. The van der Waals surface area contributed by atoms with Crippen LogP contribution in [-0.2, 0) is 9.53 Å². The second-order valence-electron chi connectivity index (χ2n) is 7.82. The first-order chi connectivity index (χ1) is 12.7. The lowest BCUT2D eigenvalue weighted by Crippen LogP contribution is -2.39. The van der Waals surface area contributed by atoms with Gasteiger partial charge >= 0.3 is 0 Å². The minimum absolute atomic E-state index is 0.104. The van der Waals surface area contributed by atoms with E-state index in [2.05, 4.69) is 10.2 Å². The number of nitrogens with one attached hydrogen (secondary N) is 1. The molecular weight excluding hydrogens is 328 g/mol. The number of benzene rings is 1. The van der Waals surface area contributed by atoms with Crippen LogP contribution in [0.5, 0.6) is 0 Å². The molecule has 5 nitrogen and oxygen atoms in total. The van der Waals surface area contributed by atoms with Crippen molar-refractivity contribution in [2.24, 2.45) is 5.92 Å². The first-order valence-corrected chi connectivity index (χ1v) is 10.1. The Kier molecular flexibility index (Phi) is 5.25. The van der Waals surface area contributed by atoms with Gasteiger partial charge < -0.3 is 15.0 Å².